The number of amides is 1. The van der Waals surface area contributed by atoms with E-state index in [1.54, 1.807) is 17.1 Å². The Kier molecular flexibility index (Phi) is 4.57. The lowest BCUT2D eigenvalue weighted by Crippen LogP contribution is -2.33. The van der Waals surface area contributed by atoms with Crippen molar-refractivity contribution in [3.8, 4) is 0 Å². The first-order valence-corrected chi connectivity index (χ1v) is 7.75. The third kappa shape index (κ3) is 3.68. The summed E-state index contributed by atoms with van der Waals surface area (Å²) in [5.41, 5.74) is 0.803. The van der Waals surface area contributed by atoms with Crippen LogP contribution in [0.15, 0.2) is 36.8 Å². The molecular weight excluding hydrogens is 316 g/mol. The maximum absolute atomic E-state index is 12.1. The molecule has 0 bridgehead atoms. The van der Waals surface area contributed by atoms with Gasteiger partial charge in [-0.2, -0.15) is 5.10 Å². The van der Waals surface area contributed by atoms with Crippen molar-refractivity contribution in [3.05, 3.63) is 47.6 Å². The van der Waals surface area contributed by atoms with Crippen LogP contribution in [0.3, 0.4) is 0 Å². The van der Waals surface area contributed by atoms with E-state index in [-0.39, 0.29) is 11.8 Å². The van der Waals surface area contributed by atoms with E-state index < -0.39 is 0 Å². The van der Waals surface area contributed by atoms with Crippen molar-refractivity contribution in [2.75, 3.05) is 6.54 Å². The molecule has 3 aromatic heterocycles. The van der Waals surface area contributed by atoms with E-state index in [0.717, 1.165) is 11.5 Å². The van der Waals surface area contributed by atoms with Crippen molar-refractivity contribution >= 4 is 23.2 Å². The van der Waals surface area contributed by atoms with Gasteiger partial charge in [0.2, 0.25) is 5.91 Å². The van der Waals surface area contributed by atoms with E-state index in [2.05, 4.69) is 20.6 Å². The first-order chi connectivity index (χ1) is 11.1. The smallest absolute Gasteiger partial charge is 0.224 e. The summed E-state index contributed by atoms with van der Waals surface area (Å²) in [6.07, 6.45) is 5.80. The number of pyridine rings is 1. The third-order valence-corrected chi connectivity index (χ3v) is 3.74. The Labute approximate surface area is 138 Å². The molecule has 0 radical (unpaired) electrons. The van der Waals surface area contributed by atoms with E-state index in [0.29, 0.717) is 24.5 Å². The van der Waals surface area contributed by atoms with Crippen LogP contribution in [0.2, 0.25) is 5.02 Å². The maximum atomic E-state index is 12.1. The number of nitrogens with zero attached hydrogens (tertiary/aromatic N) is 5. The predicted molar refractivity (Wildman–Crippen MR) is 86.1 cm³/mol. The highest BCUT2D eigenvalue weighted by Gasteiger charge is 2.14. The van der Waals surface area contributed by atoms with Crippen LogP contribution >= 0.6 is 11.6 Å². The molecule has 0 aromatic carbocycles. The fourth-order valence-electron chi connectivity index (χ4n) is 2.33. The van der Waals surface area contributed by atoms with Crippen LogP contribution in [-0.4, -0.2) is 36.8 Å². The molecule has 0 aliphatic carbocycles. The zero-order chi connectivity index (χ0) is 16.2. The SMILES string of the molecule is CC(Cn1cc(Cl)cn1)C(=O)NCCc1nnc2ccccn12. The number of rotatable bonds is 6. The summed E-state index contributed by atoms with van der Waals surface area (Å²) in [7, 11) is 0. The molecule has 23 heavy (non-hydrogen) atoms. The molecule has 0 spiro atoms. The van der Waals surface area contributed by atoms with Gasteiger partial charge in [0, 0.05) is 25.4 Å². The van der Waals surface area contributed by atoms with Crippen LogP contribution in [0.25, 0.3) is 5.65 Å². The molecule has 0 saturated carbocycles. The topological polar surface area (TPSA) is 77.1 Å². The molecule has 120 valence electrons. The van der Waals surface area contributed by atoms with Crippen molar-refractivity contribution < 1.29 is 4.79 Å². The van der Waals surface area contributed by atoms with Crippen molar-refractivity contribution in [2.24, 2.45) is 5.92 Å². The van der Waals surface area contributed by atoms with Gasteiger partial charge in [0.1, 0.15) is 5.82 Å². The van der Waals surface area contributed by atoms with Gasteiger partial charge in [-0.1, -0.05) is 24.6 Å². The number of hydrogen-bond acceptors (Lipinski definition) is 4. The Morgan fingerprint density at radius 3 is 3.04 bits per heavy atom. The minimum Gasteiger partial charge on any atom is -0.355 e. The van der Waals surface area contributed by atoms with Gasteiger partial charge in [-0.25, -0.2) is 0 Å². The largest absolute Gasteiger partial charge is 0.355 e. The highest BCUT2D eigenvalue weighted by Crippen LogP contribution is 2.08. The number of nitrogens with one attached hydrogen (secondary N) is 1. The molecule has 3 rings (SSSR count). The first-order valence-electron chi connectivity index (χ1n) is 7.38. The summed E-state index contributed by atoms with van der Waals surface area (Å²) >= 11 is 5.81. The van der Waals surface area contributed by atoms with Crippen LogP contribution in [0.1, 0.15) is 12.7 Å². The molecule has 0 aliphatic heterocycles. The molecular formula is C15H17ClN6O. The third-order valence-electron chi connectivity index (χ3n) is 3.54. The quantitative estimate of drug-likeness (QED) is 0.743. The van der Waals surface area contributed by atoms with E-state index in [1.165, 1.54) is 0 Å². The highest BCUT2D eigenvalue weighted by atomic mass is 35.5. The Hall–Kier alpha value is -2.41. The van der Waals surface area contributed by atoms with Crippen molar-refractivity contribution in [1.29, 1.82) is 0 Å². The molecule has 0 saturated heterocycles. The summed E-state index contributed by atoms with van der Waals surface area (Å²) < 4.78 is 3.58. The summed E-state index contributed by atoms with van der Waals surface area (Å²) in [4.78, 5) is 12.1. The number of carbonyl (C=O) groups excluding carboxylic acids is 1. The molecule has 1 amide bonds. The standard InChI is InChI=1S/C15H17ClN6O/c1-11(9-21-10-12(16)8-18-21)15(23)17-6-5-14-20-19-13-4-2-3-7-22(13)14/h2-4,7-8,10-11H,5-6,9H2,1H3,(H,17,23). The van der Waals surface area contributed by atoms with Gasteiger partial charge in [0.05, 0.1) is 23.7 Å². The van der Waals surface area contributed by atoms with E-state index in [9.17, 15) is 4.79 Å². The average molecular weight is 333 g/mol. The van der Waals surface area contributed by atoms with Crippen LogP contribution in [0.4, 0.5) is 0 Å². The van der Waals surface area contributed by atoms with E-state index in [1.807, 2.05) is 35.7 Å². The first kappa shape index (κ1) is 15.5. The second-order valence-electron chi connectivity index (χ2n) is 5.37. The van der Waals surface area contributed by atoms with Crippen molar-refractivity contribution in [2.45, 2.75) is 19.9 Å². The molecule has 1 atom stereocenters. The van der Waals surface area contributed by atoms with Crippen LogP contribution in [-0.2, 0) is 17.8 Å². The van der Waals surface area contributed by atoms with E-state index >= 15 is 0 Å². The number of halogens is 1. The van der Waals surface area contributed by atoms with E-state index in [4.69, 9.17) is 11.6 Å². The normalized spacial score (nSPS) is 12.4. The monoisotopic (exact) mass is 332 g/mol. The summed E-state index contributed by atoms with van der Waals surface area (Å²) in [5, 5.41) is 15.8. The lowest BCUT2D eigenvalue weighted by Gasteiger charge is -2.12. The highest BCUT2D eigenvalue weighted by molar-refractivity contribution is 6.30. The molecule has 0 aliphatic rings. The van der Waals surface area contributed by atoms with Crippen LogP contribution in [0.5, 0.6) is 0 Å². The van der Waals surface area contributed by atoms with Gasteiger partial charge in [-0.3, -0.25) is 13.9 Å². The maximum Gasteiger partial charge on any atom is 0.224 e. The Morgan fingerprint density at radius 2 is 2.26 bits per heavy atom. The van der Waals surface area contributed by atoms with Gasteiger partial charge >= 0.3 is 0 Å². The zero-order valence-corrected chi connectivity index (χ0v) is 13.4. The molecule has 8 heteroatoms. The molecule has 7 nitrogen and oxygen atoms in total. The zero-order valence-electron chi connectivity index (χ0n) is 12.7. The Bertz CT molecular complexity index is 811. The van der Waals surface area contributed by atoms with Crippen molar-refractivity contribution in [3.63, 3.8) is 0 Å². The number of hydrogen-bond donors (Lipinski definition) is 1. The van der Waals surface area contributed by atoms with Gasteiger partial charge in [-0.05, 0) is 12.1 Å². The minimum absolute atomic E-state index is 0.0227. The molecule has 3 aromatic rings. The van der Waals surface area contributed by atoms with Gasteiger partial charge in [-0.15, -0.1) is 10.2 Å². The number of fused-ring (bicyclic) bond motifs is 1. The molecule has 1 unspecified atom stereocenters. The Morgan fingerprint density at radius 1 is 1.39 bits per heavy atom. The second kappa shape index (κ2) is 6.78. The second-order valence-corrected chi connectivity index (χ2v) is 5.80. The number of aromatic nitrogens is 5. The lowest BCUT2D eigenvalue weighted by molar-refractivity contribution is -0.124. The van der Waals surface area contributed by atoms with Gasteiger partial charge < -0.3 is 5.32 Å². The van der Waals surface area contributed by atoms with Crippen molar-refractivity contribution in [1.82, 2.24) is 29.7 Å². The Balaban J connectivity index is 1.50. The van der Waals surface area contributed by atoms with Gasteiger partial charge in [0.25, 0.3) is 0 Å². The fourth-order valence-corrected chi connectivity index (χ4v) is 2.49. The summed E-state index contributed by atoms with van der Waals surface area (Å²) in [6.45, 7) is 2.86. The minimum atomic E-state index is -0.193. The fraction of sp³-hybridized carbons (Fsp3) is 0.333. The predicted octanol–water partition coefficient (Wildman–Crippen LogP) is 1.57. The van der Waals surface area contributed by atoms with Gasteiger partial charge in [0.15, 0.2) is 5.65 Å². The molecule has 1 N–H and O–H groups in total. The number of carbonyl (C=O) groups is 1. The van der Waals surface area contributed by atoms with Crippen LogP contribution < -0.4 is 5.32 Å². The molecule has 3 heterocycles. The summed E-state index contributed by atoms with van der Waals surface area (Å²) in [5.74, 6) is 0.610. The molecule has 0 fully saturated rings. The summed E-state index contributed by atoms with van der Waals surface area (Å²) in [6, 6.07) is 5.74. The van der Waals surface area contributed by atoms with Crippen LogP contribution in [0, 0.1) is 5.92 Å². The average Bonchev–Trinajstić information content (AvgIpc) is 3.14. The lowest BCUT2D eigenvalue weighted by atomic mass is 10.1.